The number of pyridine rings is 1. The maximum Gasteiger partial charge on any atom is 0.242 e. The average molecular weight is 249 g/mol. The molecule has 0 radical (unpaired) electrons. The van der Waals surface area contributed by atoms with E-state index in [4.69, 9.17) is 0 Å². The van der Waals surface area contributed by atoms with Gasteiger partial charge in [-0.1, -0.05) is 0 Å². The summed E-state index contributed by atoms with van der Waals surface area (Å²) >= 11 is 3.17. The fraction of sp³-hybridized carbons (Fsp3) is 0.167. The second-order valence-corrected chi connectivity index (χ2v) is 4.99. The molecule has 6 heteroatoms. The molecule has 4 nitrogen and oxygen atoms in total. The quantitative estimate of drug-likeness (QED) is 0.686. The Balaban J connectivity index is 2.71. The van der Waals surface area contributed by atoms with Crippen molar-refractivity contribution >= 4 is 26.0 Å². The van der Waals surface area contributed by atoms with Crippen LogP contribution in [0.1, 0.15) is 5.56 Å². The summed E-state index contributed by atoms with van der Waals surface area (Å²) in [6.45, 7) is 0.360. The molecule has 64 valence electrons. The highest BCUT2D eigenvalue weighted by molar-refractivity contribution is 9.10. The van der Waals surface area contributed by atoms with Gasteiger partial charge in [0.2, 0.25) is 10.0 Å². The molecule has 0 atom stereocenters. The Morgan fingerprint density at radius 2 is 2.33 bits per heavy atom. The van der Waals surface area contributed by atoms with Gasteiger partial charge < -0.3 is 0 Å². The summed E-state index contributed by atoms with van der Waals surface area (Å²) in [6, 6.07) is 1.70. The van der Waals surface area contributed by atoms with Gasteiger partial charge in [-0.2, -0.15) is 0 Å². The Hall–Kier alpha value is -0.460. The van der Waals surface area contributed by atoms with Gasteiger partial charge in [-0.15, -0.1) is 0 Å². The van der Waals surface area contributed by atoms with Crippen molar-refractivity contribution < 1.29 is 8.42 Å². The minimum atomic E-state index is -3.26. The highest BCUT2D eigenvalue weighted by Gasteiger charge is 2.25. The lowest BCUT2D eigenvalue weighted by Gasteiger charge is -1.94. The van der Waals surface area contributed by atoms with E-state index in [0.29, 0.717) is 11.1 Å². The summed E-state index contributed by atoms with van der Waals surface area (Å²) in [5.41, 5.74) is 0.761. The van der Waals surface area contributed by atoms with Crippen molar-refractivity contribution in [3.8, 4) is 0 Å². The van der Waals surface area contributed by atoms with Crippen molar-refractivity contribution in [3.63, 3.8) is 0 Å². The Bertz CT molecular complexity index is 429. The molecule has 1 aliphatic heterocycles. The lowest BCUT2D eigenvalue weighted by molar-refractivity contribution is 0.589. The zero-order valence-corrected chi connectivity index (χ0v) is 8.31. The number of hydrogen-bond acceptors (Lipinski definition) is 3. The molecule has 0 aliphatic carbocycles. The molecule has 1 N–H and O–H groups in total. The first-order valence-electron chi connectivity index (χ1n) is 3.24. The molecule has 0 spiro atoms. The van der Waals surface area contributed by atoms with Gasteiger partial charge in [-0.3, -0.25) is 0 Å². The third-order valence-electron chi connectivity index (χ3n) is 1.66. The van der Waals surface area contributed by atoms with Crippen LogP contribution in [0.4, 0.5) is 0 Å². The van der Waals surface area contributed by atoms with Gasteiger partial charge in [0.25, 0.3) is 0 Å². The summed E-state index contributed by atoms with van der Waals surface area (Å²) in [4.78, 5) is 4.13. The zero-order chi connectivity index (χ0) is 8.77. The Morgan fingerprint density at radius 3 is 3.08 bits per heavy atom. The van der Waals surface area contributed by atoms with Crippen LogP contribution in [0.5, 0.6) is 0 Å². The molecule has 0 saturated carbocycles. The number of hydrogen-bond donors (Lipinski definition) is 1. The molecule has 0 fully saturated rings. The van der Waals surface area contributed by atoms with Crippen LogP contribution in [0.3, 0.4) is 0 Å². The molecular weight excluding hydrogens is 244 g/mol. The highest BCUT2D eigenvalue weighted by Crippen LogP contribution is 2.23. The first kappa shape index (κ1) is 8.15. The molecule has 0 amide bonds. The predicted molar refractivity (Wildman–Crippen MR) is 46.0 cm³/mol. The maximum atomic E-state index is 11.2. The lowest BCUT2D eigenvalue weighted by atomic mass is 10.3. The molecule has 0 saturated heterocycles. The van der Waals surface area contributed by atoms with Gasteiger partial charge in [-0.05, 0) is 27.6 Å². The number of fused-ring (bicyclic) bond motifs is 1. The second-order valence-electron chi connectivity index (χ2n) is 2.44. The number of nitrogens with one attached hydrogen (secondary N) is 1. The van der Waals surface area contributed by atoms with Gasteiger partial charge in [-0.25, -0.2) is 18.1 Å². The van der Waals surface area contributed by atoms with Crippen molar-refractivity contribution in [2.75, 3.05) is 0 Å². The van der Waals surface area contributed by atoms with Gasteiger partial charge in [0, 0.05) is 12.7 Å². The molecule has 0 bridgehead atoms. The van der Waals surface area contributed by atoms with E-state index in [1.54, 1.807) is 6.07 Å². The first-order valence-corrected chi connectivity index (χ1v) is 5.51. The van der Waals surface area contributed by atoms with E-state index in [-0.39, 0.29) is 4.90 Å². The molecular formula is C6H5BrN2O2S. The van der Waals surface area contributed by atoms with Crippen LogP contribution in [-0.2, 0) is 16.6 Å². The predicted octanol–water partition coefficient (Wildman–Crippen LogP) is 0.636. The molecule has 1 aliphatic rings. The zero-order valence-electron chi connectivity index (χ0n) is 5.91. The van der Waals surface area contributed by atoms with Crippen molar-refractivity contribution in [1.82, 2.24) is 9.71 Å². The standard InChI is InChI=1S/C6H5BrN2O2S/c7-6-1-4-2-9-12(10,11)5(4)3-8-6/h1,3,9H,2H2. The number of sulfonamides is 1. The van der Waals surface area contributed by atoms with E-state index >= 15 is 0 Å². The van der Waals surface area contributed by atoms with Crippen LogP contribution < -0.4 is 4.72 Å². The minimum absolute atomic E-state index is 0.283. The number of aromatic nitrogens is 1. The van der Waals surface area contributed by atoms with Gasteiger partial charge >= 0.3 is 0 Å². The van der Waals surface area contributed by atoms with Crippen LogP contribution in [0.15, 0.2) is 21.8 Å². The Labute approximate surface area is 78.2 Å². The Kier molecular flexibility index (Phi) is 1.71. The van der Waals surface area contributed by atoms with Gasteiger partial charge in [0.15, 0.2) is 0 Å². The number of nitrogens with zero attached hydrogens (tertiary/aromatic N) is 1. The van der Waals surface area contributed by atoms with Crippen molar-refractivity contribution in [2.24, 2.45) is 0 Å². The van der Waals surface area contributed by atoms with E-state index in [1.807, 2.05) is 0 Å². The fourth-order valence-corrected chi connectivity index (χ4v) is 2.63. The topological polar surface area (TPSA) is 59.1 Å². The van der Waals surface area contributed by atoms with Crippen molar-refractivity contribution in [3.05, 3.63) is 22.4 Å². The molecule has 2 heterocycles. The van der Waals surface area contributed by atoms with E-state index in [9.17, 15) is 8.42 Å². The first-order chi connectivity index (χ1) is 5.59. The number of halogens is 1. The summed E-state index contributed by atoms with van der Waals surface area (Å²) in [5.74, 6) is 0. The smallest absolute Gasteiger partial charge is 0.242 e. The largest absolute Gasteiger partial charge is 0.248 e. The summed E-state index contributed by atoms with van der Waals surface area (Å²) < 4.78 is 25.4. The second kappa shape index (κ2) is 2.51. The molecule has 1 aromatic heterocycles. The van der Waals surface area contributed by atoms with Crippen LogP contribution in [0.2, 0.25) is 0 Å². The van der Waals surface area contributed by atoms with Gasteiger partial charge in [0.1, 0.15) is 9.50 Å². The SMILES string of the molecule is O=S1(=O)NCc2cc(Br)ncc21. The lowest BCUT2D eigenvalue weighted by Crippen LogP contribution is -2.13. The van der Waals surface area contributed by atoms with E-state index in [1.165, 1.54) is 6.20 Å². The normalized spacial score (nSPS) is 19.1. The van der Waals surface area contributed by atoms with Gasteiger partial charge in [0.05, 0.1) is 0 Å². The Morgan fingerprint density at radius 1 is 1.58 bits per heavy atom. The minimum Gasteiger partial charge on any atom is -0.248 e. The van der Waals surface area contributed by atoms with Crippen LogP contribution in [0, 0.1) is 0 Å². The highest BCUT2D eigenvalue weighted by atomic mass is 79.9. The average Bonchev–Trinajstić information content (AvgIpc) is 2.27. The monoisotopic (exact) mass is 248 g/mol. The van der Waals surface area contributed by atoms with Crippen LogP contribution >= 0.6 is 15.9 Å². The molecule has 0 aromatic carbocycles. The molecule has 12 heavy (non-hydrogen) atoms. The summed E-state index contributed by atoms with van der Waals surface area (Å²) in [6.07, 6.45) is 1.36. The third-order valence-corrected chi connectivity index (χ3v) is 3.56. The number of rotatable bonds is 0. The third kappa shape index (κ3) is 1.16. The van der Waals surface area contributed by atoms with E-state index in [0.717, 1.165) is 5.56 Å². The van der Waals surface area contributed by atoms with Crippen LogP contribution in [-0.4, -0.2) is 13.4 Å². The summed E-state index contributed by atoms with van der Waals surface area (Å²) in [5, 5.41) is 0. The maximum absolute atomic E-state index is 11.2. The van der Waals surface area contributed by atoms with Crippen molar-refractivity contribution in [1.29, 1.82) is 0 Å². The van der Waals surface area contributed by atoms with E-state index in [2.05, 4.69) is 25.6 Å². The summed E-state index contributed by atoms with van der Waals surface area (Å²) in [7, 11) is -3.26. The van der Waals surface area contributed by atoms with Crippen LogP contribution in [0.25, 0.3) is 0 Å². The van der Waals surface area contributed by atoms with E-state index < -0.39 is 10.0 Å². The molecule has 0 unspecified atom stereocenters. The fourth-order valence-electron chi connectivity index (χ4n) is 1.09. The van der Waals surface area contributed by atoms with Crippen molar-refractivity contribution in [2.45, 2.75) is 11.4 Å². The molecule has 2 rings (SSSR count). The molecule has 1 aromatic rings.